The van der Waals surface area contributed by atoms with Crippen LogP contribution in [-0.2, 0) is 14.9 Å². The fourth-order valence-corrected chi connectivity index (χ4v) is 5.46. The number of nitrogens with one attached hydrogen (secondary N) is 1. The van der Waals surface area contributed by atoms with Crippen LogP contribution in [0, 0.1) is 0 Å². The highest BCUT2D eigenvalue weighted by Crippen LogP contribution is 2.11. The van der Waals surface area contributed by atoms with Crippen molar-refractivity contribution in [2.45, 2.75) is 154 Å². The number of aliphatic hydroxyl groups excluding tert-OH is 1. The van der Waals surface area contributed by atoms with Gasteiger partial charge in [-0.3, -0.25) is 9.35 Å². The molecule has 258 valence electrons. The number of amides is 1. The van der Waals surface area contributed by atoms with E-state index < -0.39 is 28.0 Å². The number of hydrogen-bond donors (Lipinski definition) is 3. The zero-order valence-electron chi connectivity index (χ0n) is 28.5. The minimum absolute atomic E-state index is 0.269. The lowest BCUT2D eigenvalue weighted by molar-refractivity contribution is -0.122. The van der Waals surface area contributed by atoms with E-state index in [9.17, 15) is 22.9 Å². The lowest BCUT2D eigenvalue weighted by atomic mass is 10.1. The van der Waals surface area contributed by atoms with E-state index in [2.05, 4.69) is 79.9 Å². The van der Waals surface area contributed by atoms with Gasteiger partial charge in [-0.1, -0.05) is 132 Å². The van der Waals surface area contributed by atoms with Crippen molar-refractivity contribution in [1.82, 2.24) is 5.32 Å². The highest BCUT2D eigenvalue weighted by atomic mass is 32.2. The first kappa shape index (κ1) is 42.8. The van der Waals surface area contributed by atoms with Crippen LogP contribution in [0.5, 0.6) is 0 Å². The van der Waals surface area contributed by atoms with Crippen LogP contribution in [-0.4, -0.2) is 41.9 Å². The molecule has 2 unspecified atom stereocenters. The normalized spacial score (nSPS) is 14.3. The fourth-order valence-electron chi connectivity index (χ4n) is 4.73. The second kappa shape index (κ2) is 31.7. The molecular weight excluding hydrogens is 582 g/mol. The van der Waals surface area contributed by atoms with Crippen molar-refractivity contribution in [1.29, 1.82) is 0 Å². The maximum Gasteiger partial charge on any atom is 0.267 e. The molecule has 0 rings (SSSR count). The van der Waals surface area contributed by atoms with Crippen molar-refractivity contribution in [3.63, 3.8) is 0 Å². The molecule has 0 aliphatic carbocycles. The van der Waals surface area contributed by atoms with Crippen molar-refractivity contribution in [3.8, 4) is 0 Å². The summed E-state index contributed by atoms with van der Waals surface area (Å²) in [6.45, 7) is 4.35. The van der Waals surface area contributed by atoms with E-state index in [1.165, 1.54) is 44.6 Å². The van der Waals surface area contributed by atoms with Gasteiger partial charge in [0.1, 0.15) is 0 Å². The number of unbranched alkanes of at least 4 members (excludes halogenated alkanes) is 12. The van der Waals surface area contributed by atoms with Crippen LogP contribution in [0.2, 0.25) is 0 Å². The maximum atomic E-state index is 12.4. The molecule has 0 aromatic heterocycles. The van der Waals surface area contributed by atoms with Gasteiger partial charge in [0.05, 0.1) is 17.9 Å². The Hall–Kier alpha value is -2.22. The molecule has 6 nitrogen and oxygen atoms in total. The number of allylic oxidation sites excluding steroid dienone is 11. The van der Waals surface area contributed by atoms with Crippen molar-refractivity contribution in [2.24, 2.45) is 0 Å². The molecule has 3 N–H and O–H groups in total. The first-order valence-corrected chi connectivity index (χ1v) is 19.2. The maximum absolute atomic E-state index is 12.4. The Labute approximate surface area is 276 Å². The average molecular weight is 648 g/mol. The fraction of sp³-hybridized carbons (Fsp3) is 0.658. The van der Waals surface area contributed by atoms with Crippen molar-refractivity contribution >= 4 is 16.0 Å². The molecule has 0 heterocycles. The highest BCUT2D eigenvalue weighted by molar-refractivity contribution is 7.85. The summed E-state index contributed by atoms with van der Waals surface area (Å²) in [4.78, 5) is 12.4. The summed E-state index contributed by atoms with van der Waals surface area (Å²) in [7, 11) is -4.36. The summed E-state index contributed by atoms with van der Waals surface area (Å²) in [6, 6.07) is -1.09. The molecule has 7 heteroatoms. The van der Waals surface area contributed by atoms with Gasteiger partial charge >= 0.3 is 0 Å². The Kier molecular flexibility index (Phi) is 30.2. The summed E-state index contributed by atoms with van der Waals surface area (Å²) >= 11 is 0. The molecule has 45 heavy (non-hydrogen) atoms. The van der Waals surface area contributed by atoms with Crippen molar-refractivity contribution in [3.05, 3.63) is 72.9 Å². The predicted octanol–water partition coefficient (Wildman–Crippen LogP) is 9.90. The lowest BCUT2D eigenvalue weighted by Crippen LogP contribution is -2.46. The zero-order chi connectivity index (χ0) is 33.3. The Balaban J connectivity index is 4.10. The molecule has 0 radical (unpaired) electrons. The van der Waals surface area contributed by atoms with Gasteiger partial charge in [0.25, 0.3) is 10.1 Å². The number of carbonyl (C=O) groups excluding carboxylic acids is 1. The van der Waals surface area contributed by atoms with Gasteiger partial charge in [-0.2, -0.15) is 8.42 Å². The van der Waals surface area contributed by atoms with E-state index in [1.54, 1.807) is 6.08 Å². The quantitative estimate of drug-likeness (QED) is 0.0409. The van der Waals surface area contributed by atoms with Gasteiger partial charge in [-0.25, -0.2) is 0 Å². The standard InChI is InChI=1S/C38H65NO5S/c1-3-5-7-9-11-13-15-17-18-19-20-22-24-26-28-30-32-34-38(41)39-36(35-45(42,43)44)37(40)33-31-29-27-25-23-21-16-14-12-10-8-6-4-2/h5,7,11-14,17-18,23,25,31,33,36-37,40H,3-4,6,8-10,15-16,19-22,24,26-30,32,34-35H2,1-2H3,(H,39,41)(H,42,43,44)/b7-5-,13-11-,14-12+,18-17-,25-23+,33-31+. The van der Waals surface area contributed by atoms with Gasteiger partial charge in [0.2, 0.25) is 5.91 Å². The molecule has 0 aliphatic heterocycles. The van der Waals surface area contributed by atoms with E-state index in [1.807, 2.05) is 0 Å². The third-order valence-corrected chi connectivity index (χ3v) is 8.12. The minimum atomic E-state index is -4.36. The van der Waals surface area contributed by atoms with E-state index in [-0.39, 0.29) is 12.3 Å². The van der Waals surface area contributed by atoms with E-state index in [4.69, 9.17) is 0 Å². The van der Waals surface area contributed by atoms with E-state index in [0.717, 1.165) is 70.6 Å². The van der Waals surface area contributed by atoms with Crippen LogP contribution in [0.4, 0.5) is 0 Å². The highest BCUT2D eigenvalue weighted by Gasteiger charge is 2.24. The van der Waals surface area contributed by atoms with Crippen LogP contribution in [0.1, 0.15) is 142 Å². The molecule has 0 aromatic carbocycles. The Morgan fingerprint density at radius 2 is 1.09 bits per heavy atom. The summed E-state index contributed by atoms with van der Waals surface area (Å²) in [5, 5.41) is 13.1. The van der Waals surface area contributed by atoms with Crippen LogP contribution in [0.3, 0.4) is 0 Å². The second-order valence-corrected chi connectivity index (χ2v) is 13.2. The van der Waals surface area contributed by atoms with E-state index >= 15 is 0 Å². The van der Waals surface area contributed by atoms with Crippen LogP contribution in [0.25, 0.3) is 0 Å². The van der Waals surface area contributed by atoms with E-state index in [0.29, 0.717) is 12.8 Å². The third-order valence-electron chi connectivity index (χ3n) is 7.34. The van der Waals surface area contributed by atoms with Crippen LogP contribution >= 0.6 is 0 Å². The first-order valence-electron chi connectivity index (χ1n) is 17.6. The van der Waals surface area contributed by atoms with Crippen molar-refractivity contribution < 1.29 is 22.9 Å². The third kappa shape index (κ3) is 33.0. The topological polar surface area (TPSA) is 104 Å². The van der Waals surface area contributed by atoms with Gasteiger partial charge in [-0.05, 0) is 77.0 Å². The van der Waals surface area contributed by atoms with Gasteiger partial charge in [0.15, 0.2) is 0 Å². The number of aliphatic hydroxyl groups is 1. The SMILES string of the molecule is CC/C=C\C/C=C\C/C=C\CCCCCCCCCC(=O)NC(CS(=O)(=O)O)C(O)/C=C/CC/C=C/CC/C=C/CCCCC. The minimum Gasteiger partial charge on any atom is -0.387 e. The number of rotatable bonds is 30. The molecule has 0 aliphatic rings. The van der Waals surface area contributed by atoms with Crippen LogP contribution in [0.15, 0.2) is 72.9 Å². The number of hydrogen-bond acceptors (Lipinski definition) is 4. The largest absolute Gasteiger partial charge is 0.387 e. The molecule has 0 bridgehead atoms. The molecule has 2 atom stereocenters. The average Bonchev–Trinajstić information content (AvgIpc) is 3.00. The summed E-state index contributed by atoms with van der Waals surface area (Å²) in [5.41, 5.74) is 0. The number of carbonyl (C=O) groups is 1. The first-order chi connectivity index (χ1) is 21.8. The summed E-state index contributed by atoms with van der Waals surface area (Å²) in [5.74, 6) is -1.03. The summed E-state index contributed by atoms with van der Waals surface area (Å²) < 4.78 is 32.3. The Morgan fingerprint density at radius 3 is 1.67 bits per heavy atom. The molecule has 0 saturated heterocycles. The molecule has 0 spiro atoms. The molecule has 1 amide bonds. The monoisotopic (exact) mass is 647 g/mol. The molecule has 0 aromatic rings. The molecule has 0 saturated carbocycles. The van der Waals surface area contributed by atoms with Gasteiger partial charge in [-0.15, -0.1) is 0 Å². The molecule has 0 fully saturated rings. The van der Waals surface area contributed by atoms with Crippen molar-refractivity contribution in [2.75, 3.05) is 5.75 Å². The van der Waals surface area contributed by atoms with Gasteiger partial charge < -0.3 is 10.4 Å². The molecular formula is C38H65NO5S. The predicted molar refractivity (Wildman–Crippen MR) is 193 cm³/mol. The second-order valence-electron chi connectivity index (χ2n) is 11.7. The summed E-state index contributed by atoms with van der Waals surface area (Å²) in [6.07, 6.45) is 44.5. The lowest BCUT2D eigenvalue weighted by Gasteiger charge is -2.21. The Morgan fingerprint density at radius 1 is 0.622 bits per heavy atom. The smallest absolute Gasteiger partial charge is 0.267 e. The zero-order valence-corrected chi connectivity index (χ0v) is 29.3. The van der Waals surface area contributed by atoms with Crippen LogP contribution < -0.4 is 5.32 Å². The Bertz CT molecular complexity index is 978. The van der Waals surface area contributed by atoms with Gasteiger partial charge in [0, 0.05) is 6.42 Å².